The number of aliphatic imine (C=N–C) groups is 1. The van der Waals surface area contributed by atoms with Crippen molar-refractivity contribution in [3.8, 4) is 0 Å². The number of aromatic nitrogens is 2. The highest BCUT2D eigenvalue weighted by Crippen LogP contribution is 2.20. The molecule has 2 aromatic rings. The molecule has 0 aromatic carbocycles. The summed E-state index contributed by atoms with van der Waals surface area (Å²) in [4.78, 5) is 16.1. The van der Waals surface area contributed by atoms with Crippen LogP contribution in [0.5, 0.6) is 0 Å². The quantitative estimate of drug-likeness (QED) is 0.526. The summed E-state index contributed by atoms with van der Waals surface area (Å²) in [6.45, 7) is 11.6. The van der Waals surface area contributed by atoms with E-state index in [1.807, 2.05) is 32.2 Å². The van der Waals surface area contributed by atoms with Gasteiger partial charge in [-0.1, -0.05) is 6.07 Å². The zero-order chi connectivity index (χ0) is 20.5. The van der Waals surface area contributed by atoms with Crippen molar-refractivity contribution in [3.05, 3.63) is 47.4 Å². The number of rotatable bonds is 8. The Morgan fingerprint density at radius 3 is 2.72 bits per heavy atom. The standard InChI is InChI=1S/C22H34N6O/c1-4-23-22(25-12-8-20-7-5-6-11-24-20)26-15-19-9-13-28(14-10-19)16-21-27-17(2)18(3)29-21/h5-7,11,19H,4,8-10,12-16H2,1-3H3,(H2,23,25,26). The minimum atomic E-state index is 0.630. The first-order valence-electron chi connectivity index (χ1n) is 10.7. The molecular formula is C22H34N6O. The lowest BCUT2D eigenvalue weighted by molar-refractivity contribution is 0.166. The van der Waals surface area contributed by atoms with Crippen LogP contribution in [0.1, 0.15) is 42.8 Å². The first-order valence-corrected chi connectivity index (χ1v) is 10.7. The molecule has 29 heavy (non-hydrogen) atoms. The molecule has 0 aliphatic carbocycles. The lowest BCUT2D eigenvalue weighted by Crippen LogP contribution is -2.39. The lowest BCUT2D eigenvalue weighted by atomic mass is 9.97. The van der Waals surface area contributed by atoms with Crippen LogP contribution in [0.4, 0.5) is 0 Å². The minimum absolute atomic E-state index is 0.630. The van der Waals surface area contributed by atoms with Gasteiger partial charge in [-0.2, -0.15) is 0 Å². The second-order valence-corrected chi connectivity index (χ2v) is 7.69. The molecule has 0 radical (unpaired) electrons. The van der Waals surface area contributed by atoms with Gasteiger partial charge < -0.3 is 15.1 Å². The van der Waals surface area contributed by atoms with E-state index in [4.69, 9.17) is 9.41 Å². The van der Waals surface area contributed by atoms with E-state index in [1.54, 1.807) is 0 Å². The van der Waals surface area contributed by atoms with Crippen LogP contribution in [-0.4, -0.2) is 53.6 Å². The summed E-state index contributed by atoms with van der Waals surface area (Å²) in [5.74, 6) is 3.29. The molecule has 2 aromatic heterocycles. The summed E-state index contributed by atoms with van der Waals surface area (Å²) < 4.78 is 5.72. The average Bonchev–Trinajstić information content (AvgIpc) is 3.05. The maximum absolute atomic E-state index is 5.72. The Labute approximate surface area is 174 Å². The number of piperidine rings is 1. The Morgan fingerprint density at radius 2 is 2.07 bits per heavy atom. The zero-order valence-electron chi connectivity index (χ0n) is 17.9. The van der Waals surface area contributed by atoms with E-state index in [1.165, 1.54) is 0 Å². The zero-order valence-corrected chi connectivity index (χ0v) is 17.9. The largest absolute Gasteiger partial charge is 0.444 e. The van der Waals surface area contributed by atoms with Gasteiger partial charge in [-0.15, -0.1) is 0 Å². The molecule has 1 aliphatic heterocycles. The Balaban J connectivity index is 1.40. The predicted octanol–water partition coefficient (Wildman–Crippen LogP) is 2.70. The molecule has 3 rings (SSSR count). The van der Waals surface area contributed by atoms with Crippen LogP contribution in [-0.2, 0) is 13.0 Å². The van der Waals surface area contributed by atoms with Gasteiger partial charge in [0.1, 0.15) is 5.76 Å². The van der Waals surface area contributed by atoms with Crippen LogP contribution in [0.15, 0.2) is 33.8 Å². The number of nitrogens with zero attached hydrogens (tertiary/aromatic N) is 4. The van der Waals surface area contributed by atoms with Gasteiger partial charge in [0.05, 0.1) is 12.2 Å². The molecule has 0 saturated carbocycles. The summed E-state index contributed by atoms with van der Waals surface area (Å²) >= 11 is 0. The molecular weight excluding hydrogens is 364 g/mol. The number of oxazole rings is 1. The summed E-state index contributed by atoms with van der Waals surface area (Å²) in [5, 5.41) is 6.77. The van der Waals surface area contributed by atoms with Crippen molar-refractivity contribution >= 4 is 5.96 Å². The van der Waals surface area contributed by atoms with Gasteiger partial charge in [0.2, 0.25) is 5.89 Å². The van der Waals surface area contributed by atoms with Gasteiger partial charge >= 0.3 is 0 Å². The van der Waals surface area contributed by atoms with Crippen molar-refractivity contribution in [2.24, 2.45) is 10.9 Å². The van der Waals surface area contributed by atoms with Crippen LogP contribution in [0, 0.1) is 19.8 Å². The van der Waals surface area contributed by atoms with Crippen molar-refractivity contribution in [2.75, 3.05) is 32.7 Å². The van der Waals surface area contributed by atoms with Crippen LogP contribution < -0.4 is 10.6 Å². The molecule has 0 bridgehead atoms. The van der Waals surface area contributed by atoms with E-state index >= 15 is 0 Å². The molecule has 0 unspecified atom stereocenters. The summed E-state index contributed by atoms with van der Waals surface area (Å²) in [6, 6.07) is 6.03. The topological polar surface area (TPSA) is 78.6 Å². The number of pyridine rings is 1. The molecule has 1 aliphatic rings. The first-order chi connectivity index (χ1) is 14.1. The summed E-state index contributed by atoms with van der Waals surface area (Å²) in [7, 11) is 0. The van der Waals surface area contributed by atoms with Gasteiger partial charge in [-0.25, -0.2) is 4.98 Å². The third-order valence-electron chi connectivity index (χ3n) is 5.39. The smallest absolute Gasteiger partial charge is 0.208 e. The van der Waals surface area contributed by atoms with Gasteiger partial charge in [0.25, 0.3) is 0 Å². The molecule has 1 fully saturated rings. The summed E-state index contributed by atoms with van der Waals surface area (Å²) in [6.07, 6.45) is 5.06. The minimum Gasteiger partial charge on any atom is -0.444 e. The summed E-state index contributed by atoms with van der Waals surface area (Å²) in [5.41, 5.74) is 2.09. The average molecular weight is 399 g/mol. The van der Waals surface area contributed by atoms with Crippen LogP contribution in [0.2, 0.25) is 0 Å². The van der Waals surface area contributed by atoms with Crippen molar-refractivity contribution in [3.63, 3.8) is 0 Å². The number of hydrogen-bond donors (Lipinski definition) is 2. The van der Waals surface area contributed by atoms with E-state index < -0.39 is 0 Å². The Morgan fingerprint density at radius 1 is 1.24 bits per heavy atom. The van der Waals surface area contributed by atoms with Gasteiger partial charge in [-0.05, 0) is 64.8 Å². The fraction of sp³-hybridized carbons (Fsp3) is 0.591. The van der Waals surface area contributed by atoms with E-state index in [9.17, 15) is 0 Å². The lowest BCUT2D eigenvalue weighted by Gasteiger charge is -2.30. The fourth-order valence-corrected chi connectivity index (χ4v) is 3.54. The van der Waals surface area contributed by atoms with Crippen LogP contribution in [0.25, 0.3) is 0 Å². The second kappa shape index (κ2) is 11.0. The highest BCUT2D eigenvalue weighted by atomic mass is 16.4. The highest BCUT2D eigenvalue weighted by Gasteiger charge is 2.20. The maximum Gasteiger partial charge on any atom is 0.208 e. The maximum atomic E-state index is 5.72. The Hall–Kier alpha value is -2.41. The van der Waals surface area contributed by atoms with E-state index in [0.29, 0.717) is 5.92 Å². The first kappa shape index (κ1) is 21.3. The SMILES string of the molecule is CCNC(=NCC1CCN(Cc2nc(C)c(C)o2)CC1)NCCc1ccccn1. The van der Waals surface area contributed by atoms with E-state index in [2.05, 4.69) is 38.5 Å². The number of hydrogen-bond acceptors (Lipinski definition) is 5. The number of nitrogens with one attached hydrogen (secondary N) is 2. The third-order valence-corrected chi connectivity index (χ3v) is 5.39. The van der Waals surface area contributed by atoms with E-state index in [0.717, 1.165) is 87.5 Å². The Kier molecular flexibility index (Phi) is 8.04. The molecule has 158 valence electrons. The monoisotopic (exact) mass is 398 g/mol. The number of likely N-dealkylation sites (tertiary alicyclic amines) is 1. The number of aryl methyl sites for hydroxylation is 2. The fourth-order valence-electron chi connectivity index (χ4n) is 3.54. The molecule has 1 saturated heterocycles. The van der Waals surface area contributed by atoms with E-state index in [-0.39, 0.29) is 0 Å². The Bertz CT molecular complexity index is 745. The molecule has 3 heterocycles. The van der Waals surface area contributed by atoms with Crippen LogP contribution >= 0.6 is 0 Å². The van der Waals surface area contributed by atoms with Crippen molar-refractivity contribution in [1.29, 1.82) is 0 Å². The molecule has 0 atom stereocenters. The normalized spacial score (nSPS) is 16.2. The number of guanidine groups is 1. The van der Waals surface area contributed by atoms with Crippen molar-refractivity contribution in [2.45, 2.75) is 46.6 Å². The van der Waals surface area contributed by atoms with Crippen LogP contribution in [0.3, 0.4) is 0 Å². The van der Waals surface area contributed by atoms with Gasteiger partial charge in [0, 0.05) is 37.9 Å². The van der Waals surface area contributed by atoms with Gasteiger partial charge in [0.15, 0.2) is 5.96 Å². The van der Waals surface area contributed by atoms with Crippen molar-refractivity contribution in [1.82, 2.24) is 25.5 Å². The molecule has 7 nitrogen and oxygen atoms in total. The third kappa shape index (κ3) is 6.85. The molecule has 7 heteroatoms. The second-order valence-electron chi connectivity index (χ2n) is 7.69. The molecule has 0 amide bonds. The molecule has 0 spiro atoms. The van der Waals surface area contributed by atoms with Crippen molar-refractivity contribution < 1.29 is 4.42 Å². The van der Waals surface area contributed by atoms with Gasteiger partial charge in [-0.3, -0.25) is 14.9 Å². The molecule has 2 N–H and O–H groups in total. The predicted molar refractivity (Wildman–Crippen MR) is 116 cm³/mol. The highest BCUT2D eigenvalue weighted by molar-refractivity contribution is 5.79.